The Hall–Kier alpha value is -11.9. The molecule has 0 spiro atoms. The number of hydrogen-bond acceptors (Lipinski definition) is 13. The molecule has 23 nitrogen and oxygen atoms in total. The van der Waals surface area contributed by atoms with Crippen LogP contribution in [0, 0.1) is 29.2 Å². The number of para-hydroxylation sites is 4. The molecule has 0 saturated carbocycles. The van der Waals surface area contributed by atoms with Gasteiger partial charge in [0.15, 0.2) is 0 Å². The van der Waals surface area contributed by atoms with Crippen LogP contribution < -0.4 is 55.3 Å². The van der Waals surface area contributed by atoms with Gasteiger partial charge in [0.25, 0.3) is 17.7 Å². The van der Waals surface area contributed by atoms with Crippen molar-refractivity contribution < 1.29 is 60.9 Å². The van der Waals surface area contributed by atoms with Crippen molar-refractivity contribution in [3.63, 3.8) is 0 Å². The summed E-state index contributed by atoms with van der Waals surface area (Å²) in [6, 6.07) is 54.3. The first kappa shape index (κ1) is 95.3. The number of amides is 5. The van der Waals surface area contributed by atoms with Crippen molar-refractivity contribution in [2.45, 2.75) is 143 Å². The molecule has 0 fully saturated rings. The molecule has 12 rings (SSSR count). The summed E-state index contributed by atoms with van der Waals surface area (Å²) in [5.74, 6) is -2.77. The summed E-state index contributed by atoms with van der Waals surface area (Å²) in [5.41, 5.74) is 38.2. The summed E-state index contributed by atoms with van der Waals surface area (Å²) in [5, 5.41) is 27.1. The van der Waals surface area contributed by atoms with Crippen LogP contribution in [0.2, 0.25) is 0 Å². The highest BCUT2D eigenvalue weighted by Gasteiger charge is 2.26. The predicted molar refractivity (Wildman–Crippen MR) is 473 cm³/mol. The van der Waals surface area contributed by atoms with Crippen molar-refractivity contribution in [2.75, 3.05) is 45.8 Å². The highest BCUT2D eigenvalue weighted by atomic mass is 35.5. The van der Waals surface area contributed by atoms with E-state index >= 15 is 0 Å². The molecule has 4 aromatic heterocycles. The molecule has 4 atom stereocenters. The Morgan fingerprint density at radius 3 is 1.02 bits per heavy atom. The number of ether oxygens (including phenoxy) is 2. The third-order valence-electron chi connectivity index (χ3n) is 18.9. The van der Waals surface area contributed by atoms with Gasteiger partial charge in [-0.2, -0.15) is 0 Å². The van der Waals surface area contributed by atoms with E-state index in [2.05, 4.69) is 60.4 Å². The number of rotatable bonds is 29. The first-order valence-corrected chi connectivity index (χ1v) is 40.0. The van der Waals surface area contributed by atoms with Crippen LogP contribution in [-0.4, -0.2) is 136 Å². The summed E-state index contributed by atoms with van der Waals surface area (Å²) < 4.78 is 63.4. The molecule has 28 heteroatoms. The van der Waals surface area contributed by atoms with E-state index in [1.807, 2.05) is 139 Å². The SMILES string of the molecule is CCCC[C@@H](CN)NC(=O)OC(C)(C)C.C[C@@H](CCCNC(=O)OC(C)(C)C)CNC(=O)c1[nH]c2ccccc2c1-c1ccc(F)cc1.Cl.NCCC[C@H](N)CNC(=O)c1[nH]c2ccccc2c1-c1ccc(F)cc1.NCCC[C@H](N)CNC(=O)c1[nH]c2ccccc2c1-c1ccc(F)cc1.O=C(O)c1[nH]c2ccccc2c1-c1ccc(F)cc1. The number of hydrogen-bond donors (Lipinski definition) is 15. The molecule has 0 aliphatic rings. The average Bonchev–Trinajstić information content (AvgIpc) is 1.64. The third-order valence-corrected chi connectivity index (χ3v) is 18.9. The lowest BCUT2D eigenvalue weighted by Gasteiger charge is -2.22. The lowest BCUT2D eigenvalue weighted by molar-refractivity contribution is 0.0497. The second-order valence-electron chi connectivity index (χ2n) is 30.9. The zero-order chi connectivity index (χ0) is 86.3. The molecular formula is C92H113ClF4N14O9. The van der Waals surface area contributed by atoms with E-state index < -0.39 is 23.3 Å². The zero-order valence-electron chi connectivity index (χ0n) is 69.1. The number of halogens is 5. The summed E-state index contributed by atoms with van der Waals surface area (Å²) in [6.45, 7) is 18.6. The van der Waals surface area contributed by atoms with Crippen molar-refractivity contribution in [3.05, 3.63) is 240 Å². The highest BCUT2D eigenvalue weighted by Crippen LogP contribution is 2.37. The summed E-state index contributed by atoms with van der Waals surface area (Å²) in [4.78, 5) is 85.4. The average molecular weight is 1670 g/mol. The Kier molecular flexibility index (Phi) is 36.9. The molecule has 8 aromatic carbocycles. The first-order valence-electron chi connectivity index (χ1n) is 40.0. The number of aromatic amines is 4. The van der Waals surface area contributed by atoms with Gasteiger partial charge in [-0.3, -0.25) is 14.4 Å². The van der Waals surface area contributed by atoms with Gasteiger partial charge in [0.1, 0.15) is 57.2 Å². The number of fused-ring (bicyclic) bond motifs is 4. The smallest absolute Gasteiger partial charge is 0.407 e. The molecule has 0 aliphatic heterocycles. The van der Waals surface area contributed by atoms with Crippen LogP contribution >= 0.6 is 12.4 Å². The normalized spacial score (nSPS) is 12.1. The van der Waals surface area contributed by atoms with E-state index in [0.717, 1.165) is 135 Å². The van der Waals surface area contributed by atoms with Crippen LogP contribution in [0.3, 0.4) is 0 Å². The van der Waals surface area contributed by atoms with Gasteiger partial charge in [0.05, 0.1) is 0 Å². The molecule has 0 unspecified atom stereocenters. The van der Waals surface area contributed by atoms with Crippen molar-refractivity contribution in [3.8, 4) is 44.5 Å². The Bertz CT molecular complexity index is 5130. The standard InChI is InChI=1S/C26H32FN3O3.2C20H23FN4O.C15H10FNO2.C11H24N2O2.ClH/c1-17(8-7-15-28-25(32)33-26(2,3)4)16-29-24(31)23-22(18-11-13-19(27)14-12-18)20-9-5-6-10-21(20)30-23;2*21-14-9-7-13(8-10-14)18-16-5-1-2-6-17(16)25-19(18)20(26)24-12-15(23)4-3-11-22;16-10-7-5-9(6-8-10)13-11-3-1-2-4-12(11)17-14(13)15(18)19;1-5-6-7-9(8-12)13-10(14)15-11(2,3)4;/h5-6,9-14,17,30H,7-8,15-16H2,1-4H3,(H,28,32)(H,29,31);2*1-2,5-10,15,25H,3-4,11-12,22-23H2,(H,24,26);1-8,17H,(H,18,19);9H,5-8,12H2,1-4H3,(H,13,14);1H/t17-;2*15-;;9-;/m000.0./s1. The summed E-state index contributed by atoms with van der Waals surface area (Å²) >= 11 is 0. The van der Waals surface area contributed by atoms with Gasteiger partial charge in [0.2, 0.25) is 0 Å². The largest absolute Gasteiger partial charge is 0.477 e. The van der Waals surface area contributed by atoms with Crippen LogP contribution in [0.25, 0.3) is 88.1 Å². The van der Waals surface area contributed by atoms with Crippen LogP contribution in [0.5, 0.6) is 0 Å². The number of carbonyl (C=O) groups excluding carboxylic acids is 5. The number of unbranched alkanes of at least 4 members (excludes halogenated alkanes) is 1. The molecular weight excluding hydrogens is 1560 g/mol. The Balaban J connectivity index is 0.000000211. The van der Waals surface area contributed by atoms with E-state index in [4.69, 9.17) is 38.1 Å². The molecule has 0 bridgehead atoms. The number of H-pyrrole nitrogens is 4. The third kappa shape index (κ3) is 28.7. The molecule has 640 valence electrons. The molecule has 20 N–H and O–H groups in total. The zero-order valence-corrected chi connectivity index (χ0v) is 69.9. The second kappa shape index (κ2) is 46.5. The number of carbonyl (C=O) groups is 6. The minimum Gasteiger partial charge on any atom is -0.477 e. The lowest BCUT2D eigenvalue weighted by Crippen LogP contribution is -2.42. The van der Waals surface area contributed by atoms with Crippen molar-refractivity contribution in [1.29, 1.82) is 0 Å². The molecule has 12 aromatic rings. The van der Waals surface area contributed by atoms with Crippen molar-refractivity contribution in [2.24, 2.45) is 34.6 Å². The quantitative estimate of drug-likeness (QED) is 0.0153. The molecule has 0 aliphatic carbocycles. The maximum absolute atomic E-state index is 13.4. The topological polar surface area (TPSA) is 395 Å². The molecule has 4 heterocycles. The minimum absolute atomic E-state index is 0. The van der Waals surface area contributed by atoms with Gasteiger partial charge in [-0.15, -0.1) is 12.4 Å². The van der Waals surface area contributed by atoms with Crippen molar-refractivity contribution in [1.82, 2.24) is 46.5 Å². The van der Waals surface area contributed by atoms with Crippen LogP contribution in [0.4, 0.5) is 27.2 Å². The molecule has 120 heavy (non-hydrogen) atoms. The first-order chi connectivity index (χ1) is 56.9. The van der Waals surface area contributed by atoms with Gasteiger partial charge in [0, 0.05) is 117 Å². The summed E-state index contributed by atoms with van der Waals surface area (Å²) in [6.07, 6.45) is 7.06. The maximum atomic E-state index is 13.4. The number of carboxylic acids is 1. The fraction of sp³-hybridized carbons (Fsp3) is 0.326. The van der Waals surface area contributed by atoms with Gasteiger partial charge < -0.3 is 89.8 Å². The monoisotopic (exact) mass is 1670 g/mol. The highest BCUT2D eigenvalue weighted by molar-refractivity contribution is 6.12. The van der Waals surface area contributed by atoms with Crippen LogP contribution in [-0.2, 0) is 9.47 Å². The number of aromatic carboxylic acids is 1. The lowest BCUT2D eigenvalue weighted by atomic mass is 10.0. The number of benzene rings is 8. The van der Waals surface area contributed by atoms with E-state index in [0.29, 0.717) is 74.0 Å². The second-order valence-corrected chi connectivity index (χ2v) is 30.9. The van der Waals surface area contributed by atoms with Gasteiger partial charge in [-0.05, 0) is 201 Å². The van der Waals surface area contributed by atoms with E-state index in [-0.39, 0.29) is 89.2 Å². The van der Waals surface area contributed by atoms with Gasteiger partial charge >= 0.3 is 18.2 Å². The number of nitrogens with one attached hydrogen (secondary N) is 9. The van der Waals surface area contributed by atoms with E-state index in [1.165, 1.54) is 48.5 Å². The molecule has 5 amide bonds. The van der Waals surface area contributed by atoms with E-state index in [9.17, 15) is 51.4 Å². The fourth-order valence-electron chi connectivity index (χ4n) is 13.1. The van der Waals surface area contributed by atoms with Crippen LogP contribution in [0.15, 0.2) is 194 Å². The minimum atomic E-state index is -1.03. The van der Waals surface area contributed by atoms with Gasteiger partial charge in [-0.25, -0.2) is 31.9 Å². The fourth-order valence-corrected chi connectivity index (χ4v) is 13.1. The summed E-state index contributed by atoms with van der Waals surface area (Å²) in [7, 11) is 0. The number of aromatic nitrogens is 4. The number of carboxylic acid groups (broad SMARTS) is 1. The van der Waals surface area contributed by atoms with Crippen LogP contribution in [0.1, 0.15) is 155 Å². The molecule has 0 saturated heterocycles. The van der Waals surface area contributed by atoms with E-state index in [1.54, 1.807) is 48.5 Å². The Morgan fingerprint density at radius 1 is 0.408 bits per heavy atom. The van der Waals surface area contributed by atoms with Crippen molar-refractivity contribution >= 4 is 91.9 Å². The molecule has 0 radical (unpaired) electrons. The Morgan fingerprint density at radius 2 is 0.717 bits per heavy atom. The predicted octanol–water partition coefficient (Wildman–Crippen LogP) is 17.3. The maximum Gasteiger partial charge on any atom is 0.407 e. The number of nitrogens with two attached hydrogens (primary N) is 5. The number of alkyl carbamates (subject to hydrolysis) is 2. The van der Waals surface area contributed by atoms with Gasteiger partial charge in [-0.1, -0.05) is 148 Å². The Labute approximate surface area is 703 Å².